The molecule has 0 aliphatic rings. The average molecular weight is 713 g/mol. The van der Waals surface area contributed by atoms with Crippen LogP contribution in [0, 0.1) is 0 Å². The number of rotatable bonds is 6. The Labute approximate surface area is 325 Å². The van der Waals surface area contributed by atoms with Gasteiger partial charge in [-0.15, -0.1) is 0 Å². The molecular formula is C54H36N2. The van der Waals surface area contributed by atoms with Gasteiger partial charge in [0.05, 0.1) is 11.0 Å². The molecule has 0 unspecified atom stereocenters. The van der Waals surface area contributed by atoms with Gasteiger partial charge in [0, 0.05) is 33.5 Å². The van der Waals surface area contributed by atoms with E-state index in [-0.39, 0.29) is 0 Å². The average Bonchev–Trinajstić information content (AvgIpc) is 3.60. The highest BCUT2D eigenvalue weighted by Crippen LogP contribution is 2.43. The zero-order valence-corrected chi connectivity index (χ0v) is 30.7. The van der Waals surface area contributed by atoms with E-state index in [1.54, 1.807) is 0 Å². The van der Waals surface area contributed by atoms with Gasteiger partial charge in [-0.3, -0.25) is 0 Å². The first-order valence-corrected chi connectivity index (χ1v) is 19.3. The Morgan fingerprint density at radius 3 is 1.71 bits per heavy atom. The summed E-state index contributed by atoms with van der Waals surface area (Å²) < 4.78 is 2.39. The number of hydrogen-bond acceptors (Lipinski definition) is 1. The molecular weight excluding hydrogens is 677 g/mol. The number of hydrogen-bond donors (Lipinski definition) is 0. The van der Waals surface area contributed by atoms with Gasteiger partial charge in [-0.2, -0.15) is 0 Å². The minimum atomic E-state index is 1.09. The third-order valence-electron chi connectivity index (χ3n) is 11.3. The normalized spacial score (nSPS) is 11.6. The van der Waals surface area contributed by atoms with Crippen molar-refractivity contribution in [3.05, 3.63) is 218 Å². The highest BCUT2D eigenvalue weighted by atomic mass is 15.1. The van der Waals surface area contributed by atoms with E-state index in [2.05, 4.69) is 228 Å². The predicted molar refractivity (Wildman–Crippen MR) is 239 cm³/mol. The van der Waals surface area contributed by atoms with Gasteiger partial charge in [0.15, 0.2) is 0 Å². The van der Waals surface area contributed by atoms with Crippen LogP contribution >= 0.6 is 0 Å². The fourth-order valence-electron chi connectivity index (χ4n) is 8.76. The van der Waals surface area contributed by atoms with Gasteiger partial charge in [0.25, 0.3) is 0 Å². The maximum atomic E-state index is 2.40. The van der Waals surface area contributed by atoms with Crippen molar-refractivity contribution in [1.82, 2.24) is 4.57 Å². The summed E-state index contributed by atoms with van der Waals surface area (Å²) in [5, 5.41) is 10.1. The Morgan fingerprint density at radius 1 is 0.304 bits per heavy atom. The molecule has 0 fully saturated rings. The molecule has 2 heteroatoms. The Bertz CT molecular complexity index is 3230. The highest BCUT2D eigenvalue weighted by molar-refractivity contribution is 6.24. The van der Waals surface area contributed by atoms with Crippen LogP contribution in [0.15, 0.2) is 218 Å². The fourth-order valence-corrected chi connectivity index (χ4v) is 8.76. The molecule has 0 atom stereocenters. The molecule has 0 saturated heterocycles. The van der Waals surface area contributed by atoms with Gasteiger partial charge in [-0.05, 0) is 109 Å². The first kappa shape index (κ1) is 32.0. The molecule has 0 N–H and O–H groups in total. The maximum Gasteiger partial charge on any atom is 0.0561 e. The molecule has 262 valence electrons. The van der Waals surface area contributed by atoms with Crippen LogP contribution in [0.1, 0.15) is 0 Å². The summed E-state index contributed by atoms with van der Waals surface area (Å²) in [6.45, 7) is 0. The van der Waals surface area contributed by atoms with Gasteiger partial charge in [-0.1, -0.05) is 164 Å². The molecule has 0 amide bonds. The summed E-state index contributed by atoms with van der Waals surface area (Å²) in [6, 6.07) is 79.5. The van der Waals surface area contributed by atoms with E-state index < -0.39 is 0 Å². The van der Waals surface area contributed by atoms with E-state index >= 15 is 0 Å². The number of fused-ring (bicyclic) bond motifs is 8. The molecule has 11 rings (SSSR count). The molecule has 0 saturated carbocycles. The second-order valence-corrected chi connectivity index (χ2v) is 14.5. The molecule has 0 bridgehead atoms. The van der Waals surface area contributed by atoms with Crippen LogP contribution in [0.3, 0.4) is 0 Å². The first-order chi connectivity index (χ1) is 27.8. The minimum absolute atomic E-state index is 1.09. The van der Waals surface area contributed by atoms with Crippen molar-refractivity contribution >= 4 is 71.2 Å². The van der Waals surface area contributed by atoms with Crippen LogP contribution in [0.4, 0.5) is 17.1 Å². The largest absolute Gasteiger partial charge is 0.310 e. The summed E-state index contributed by atoms with van der Waals surface area (Å²) in [5.41, 5.74) is 11.6. The highest BCUT2D eigenvalue weighted by Gasteiger charge is 2.19. The van der Waals surface area contributed by atoms with Gasteiger partial charge in [-0.25, -0.2) is 0 Å². The van der Waals surface area contributed by atoms with E-state index in [0.29, 0.717) is 0 Å². The van der Waals surface area contributed by atoms with Gasteiger partial charge in [0.1, 0.15) is 0 Å². The fraction of sp³-hybridized carbons (Fsp3) is 0. The van der Waals surface area contributed by atoms with Crippen molar-refractivity contribution in [2.75, 3.05) is 4.90 Å². The summed E-state index contributed by atoms with van der Waals surface area (Å²) in [5.74, 6) is 0. The summed E-state index contributed by atoms with van der Waals surface area (Å²) >= 11 is 0. The van der Waals surface area contributed by atoms with Crippen molar-refractivity contribution in [3.63, 3.8) is 0 Å². The number of anilines is 3. The third kappa shape index (κ3) is 5.26. The lowest BCUT2D eigenvalue weighted by molar-refractivity contribution is 1.18. The molecule has 0 aliphatic heterocycles. The Kier molecular flexibility index (Phi) is 7.53. The second kappa shape index (κ2) is 13.2. The van der Waals surface area contributed by atoms with E-state index in [0.717, 1.165) is 22.7 Å². The van der Waals surface area contributed by atoms with Gasteiger partial charge in [0.2, 0.25) is 0 Å². The van der Waals surface area contributed by atoms with Gasteiger partial charge >= 0.3 is 0 Å². The van der Waals surface area contributed by atoms with Crippen molar-refractivity contribution in [2.45, 2.75) is 0 Å². The standard InChI is InChI=1S/C54H36N2/c1-3-13-37(14-4-1)42-17-11-20-45(35-42)55(46-33-34-50-49-22-9-10-24-51(49)56(52(50)36-46)43-18-5-2-6-19-43)44-31-29-39(30-32-44)48-23-12-16-40-27-28-41-26-25-38-15-7-8-21-47(38)54(41)53(40)48/h1-36H. The SMILES string of the molecule is c1ccc(-c2cccc(N(c3ccc(-c4cccc5ccc6ccc7ccccc7c6c45)cc3)c3ccc4c5ccccc5n(-c5ccccc5)c4c3)c2)cc1. The molecule has 11 aromatic rings. The molecule has 56 heavy (non-hydrogen) atoms. The number of benzene rings is 10. The molecule has 0 aliphatic carbocycles. The van der Waals surface area contributed by atoms with Crippen LogP contribution < -0.4 is 4.90 Å². The van der Waals surface area contributed by atoms with Crippen molar-refractivity contribution < 1.29 is 0 Å². The zero-order valence-electron chi connectivity index (χ0n) is 30.7. The molecule has 1 aromatic heterocycles. The summed E-state index contributed by atoms with van der Waals surface area (Å²) in [4.78, 5) is 2.40. The lowest BCUT2D eigenvalue weighted by Crippen LogP contribution is -2.10. The predicted octanol–water partition coefficient (Wildman–Crippen LogP) is 15.0. The minimum Gasteiger partial charge on any atom is -0.310 e. The smallest absolute Gasteiger partial charge is 0.0561 e. The number of para-hydroxylation sites is 2. The third-order valence-corrected chi connectivity index (χ3v) is 11.3. The molecule has 0 radical (unpaired) electrons. The van der Waals surface area contributed by atoms with E-state index in [9.17, 15) is 0 Å². The van der Waals surface area contributed by atoms with Crippen LogP contribution in [0.2, 0.25) is 0 Å². The molecule has 0 spiro atoms. The van der Waals surface area contributed by atoms with Crippen molar-refractivity contribution in [3.8, 4) is 27.9 Å². The van der Waals surface area contributed by atoms with E-state index in [4.69, 9.17) is 0 Å². The van der Waals surface area contributed by atoms with E-state index in [1.807, 2.05) is 0 Å². The van der Waals surface area contributed by atoms with Crippen molar-refractivity contribution in [2.24, 2.45) is 0 Å². The topological polar surface area (TPSA) is 8.17 Å². The van der Waals surface area contributed by atoms with Crippen LogP contribution in [-0.2, 0) is 0 Å². The zero-order chi connectivity index (χ0) is 37.0. The van der Waals surface area contributed by atoms with Gasteiger partial charge < -0.3 is 9.47 Å². The quantitative estimate of drug-likeness (QED) is 0.156. The Morgan fingerprint density at radius 2 is 0.893 bits per heavy atom. The first-order valence-electron chi connectivity index (χ1n) is 19.3. The lowest BCUT2D eigenvalue weighted by atomic mass is 9.91. The van der Waals surface area contributed by atoms with Crippen LogP contribution in [-0.4, -0.2) is 4.57 Å². The Hall–Kier alpha value is -7.42. The van der Waals surface area contributed by atoms with Crippen LogP contribution in [0.25, 0.3) is 82.1 Å². The van der Waals surface area contributed by atoms with Crippen molar-refractivity contribution in [1.29, 1.82) is 0 Å². The molecule has 2 nitrogen and oxygen atoms in total. The molecule has 1 heterocycles. The lowest BCUT2D eigenvalue weighted by Gasteiger charge is -2.26. The monoisotopic (exact) mass is 712 g/mol. The Balaban J connectivity index is 1.11. The summed E-state index contributed by atoms with van der Waals surface area (Å²) in [7, 11) is 0. The number of aromatic nitrogens is 1. The molecule has 10 aromatic carbocycles. The summed E-state index contributed by atoms with van der Waals surface area (Å²) in [6.07, 6.45) is 0. The van der Waals surface area contributed by atoms with Crippen LogP contribution in [0.5, 0.6) is 0 Å². The second-order valence-electron chi connectivity index (χ2n) is 14.5. The van der Waals surface area contributed by atoms with E-state index in [1.165, 1.54) is 76.4 Å². The maximum absolute atomic E-state index is 2.40. The number of nitrogens with zero attached hydrogens (tertiary/aromatic N) is 2.